The van der Waals surface area contributed by atoms with Gasteiger partial charge < -0.3 is 4.90 Å². The van der Waals surface area contributed by atoms with Crippen molar-refractivity contribution in [3.63, 3.8) is 0 Å². The standard InChI is InChI=1S/C22H23N5/c1-4-26(14-18-8-6-5-7-9-18)21-19-13-25-27(22(19)24-15-23-21)20-12-16(2)10-11-17(20)3/h5-13,15H,4,14H2,1-3H3. The van der Waals surface area contributed by atoms with Crippen LogP contribution in [0.15, 0.2) is 61.1 Å². The van der Waals surface area contributed by atoms with Crippen molar-refractivity contribution in [3.05, 3.63) is 77.7 Å². The molecule has 0 N–H and O–H groups in total. The molecule has 2 aromatic heterocycles. The Labute approximate surface area is 159 Å². The largest absolute Gasteiger partial charge is 0.352 e. The number of nitrogens with zero attached hydrogens (tertiary/aromatic N) is 5. The van der Waals surface area contributed by atoms with Crippen molar-refractivity contribution >= 4 is 16.9 Å². The topological polar surface area (TPSA) is 46.8 Å². The van der Waals surface area contributed by atoms with Gasteiger partial charge in [-0.25, -0.2) is 14.6 Å². The van der Waals surface area contributed by atoms with E-state index in [-0.39, 0.29) is 0 Å². The smallest absolute Gasteiger partial charge is 0.168 e. The highest BCUT2D eigenvalue weighted by atomic mass is 15.3. The molecule has 27 heavy (non-hydrogen) atoms. The van der Waals surface area contributed by atoms with Gasteiger partial charge in [0.2, 0.25) is 0 Å². The number of hydrogen-bond acceptors (Lipinski definition) is 4. The summed E-state index contributed by atoms with van der Waals surface area (Å²) in [5.41, 5.74) is 5.52. The Bertz CT molecular complexity index is 1070. The summed E-state index contributed by atoms with van der Waals surface area (Å²) in [6.45, 7) is 7.99. The van der Waals surface area contributed by atoms with Crippen molar-refractivity contribution in [2.45, 2.75) is 27.3 Å². The first-order valence-corrected chi connectivity index (χ1v) is 9.22. The van der Waals surface area contributed by atoms with Gasteiger partial charge in [-0.2, -0.15) is 5.10 Å². The van der Waals surface area contributed by atoms with E-state index >= 15 is 0 Å². The van der Waals surface area contributed by atoms with Gasteiger partial charge in [0.1, 0.15) is 12.1 Å². The fourth-order valence-corrected chi connectivity index (χ4v) is 3.35. The normalized spacial score (nSPS) is 11.1. The van der Waals surface area contributed by atoms with Crippen LogP contribution in [0.5, 0.6) is 0 Å². The van der Waals surface area contributed by atoms with E-state index in [9.17, 15) is 0 Å². The van der Waals surface area contributed by atoms with Crippen molar-refractivity contribution in [1.29, 1.82) is 0 Å². The molecular formula is C22H23N5. The van der Waals surface area contributed by atoms with E-state index in [0.29, 0.717) is 0 Å². The Morgan fingerprint density at radius 3 is 2.59 bits per heavy atom. The monoisotopic (exact) mass is 357 g/mol. The average molecular weight is 357 g/mol. The van der Waals surface area contributed by atoms with E-state index in [1.165, 1.54) is 16.7 Å². The minimum atomic E-state index is 0.804. The predicted octanol–water partition coefficient (Wildman–Crippen LogP) is 4.46. The molecule has 136 valence electrons. The van der Waals surface area contributed by atoms with Gasteiger partial charge in [0.05, 0.1) is 17.3 Å². The van der Waals surface area contributed by atoms with Crippen molar-refractivity contribution < 1.29 is 0 Å². The van der Waals surface area contributed by atoms with Gasteiger partial charge >= 0.3 is 0 Å². The summed E-state index contributed by atoms with van der Waals surface area (Å²) in [4.78, 5) is 11.4. The second kappa shape index (κ2) is 7.19. The lowest BCUT2D eigenvalue weighted by Gasteiger charge is -2.22. The third kappa shape index (κ3) is 3.28. The van der Waals surface area contributed by atoms with Crippen molar-refractivity contribution in [1.82, 2.24) is 19.7 Å². The van der Waals surface area contributed by atoms with E-state index < -0.39 is 0 Å². The molecule has 0 amide bonds. The molecule has 0 saturated carbocycles. The highest BCUT2D eigenvalue weighted by Crippen LogP contribution is 2.27. The molecule has 0 bridgehead atoms. The van der Waals surface area contributed by atoms with E-state index in [1.807, 2.05) is 16.9 Å². The molecule has 0 spiro atoms. The van der Waals surface area contributed by atoms with Crippen LogP contribution in [0, 0.1) is 13.8 Å². The lowest BCUT2D eigenvalue weighted by atomic mass is 10.1. The summed E-state index contributed by atoms with van der Waals surface area (Å²) in [6, 6.07) is 16.8. The molecule has 0 fully saturated rings. The zero-order valence-electron chi connectivity index (χ0n) is 15.9. The molecule has 4 aromatic rings. The molecule has 0 atom stereocenters. The molecule has 2 heterocycles. The van der Waals surface area contributed by atoms with Crippen LogP contribution in [-0.4, -0.2) is 26.3 Å². The Morgan fingerprint density at radius 1 is 1.00 bits per heavy atom. The summed E-state index contributed by atoms with van der Waals surface area (Å²) < 4.78 is 1.92. The Balaban J connectivity index is 1.79. The van der Waals surface area contributed by atoms with Crippen LogP contribution >= 0.6 is 0 Å². The molecule has 0 aliphatic heterocycles. The Kier molecular flexibility index (Phi) is 4.59. The quantitative estimate of drug-likeness (QED) is 0.529. The van der Waals surface area contributed by atoms with Crippen LogP contribution in [0.4, 0.5) is 5.82 Å². The number of hydrogen-bond donors (Lipinski definition) is 0. The van der Waals surface area contributed by atoms with Crippen molar-refractivity contribution in [2.75, 3.05) is 11.4 Å². The number of aryl methyl sites for hydroxylation is 2. The molecule has 5 heteroatoms. The third-order valence-corrected chi connectivity index (χ3v) is 4.84. The molecule has 2 aromatic carbocycles. The van der Waals surface area contributed by atoms with E-state index in [0.717, 1.165) is 35.6 Å². The highest BCUT2D eigenvalue weighted by Gasteiger charge is 2.16. The summed E-state index contributed by atoms with van der Waals surface area (Å²) in [5.74, 6) is 0.919. The number of anilines is 1. The summed E-state index contributed by atoms with van der Waals surface area (Å²) in [5, 5.41) is 5.61. The number of aromatic nitrogens is 4. The summed E-state index contributed by atoms with van der Waals surface area (Å²) >= 11 is 0. The number of benzene rings is 2. The van der Waals surface area contributed by atoms with Crippen LogP contribution in [0.25, 0.3) is 16.7 Å². The molecule has 0 radical (unpaired) electrons. The van der Waals surface area contributed by atoms with Gasteiger partial charge in [0, 0.05) is 13.1 Å². The maximum atomic E-state index is 4.64. The first kappa shape index (κ1) is 17.2. The first-order chi connectivity index (χ1) is 13.2. The summed E-state index contributed by atoms with van der Waals surface area (Å²) in [7, 11) is 0. The van der Waals surface area contributed by atoms with Gasteiger partial charge in [0.15, 0.2) is 5.65 Å². The van der Waals surface area contributed by atoms with E-state index in [4.69, 9.17) is 0 Å². The average Bonchev–Trinajstić information content (AvgIpc) is 3.13. The predicted molar refractivity (Wildman–Crippen MR) is 109 cm³/mol. The minimum Gasteiger partial charge on any atom is -0.352 e. The molecule has 0 aliphatic carbocycles. The zero-order chi connectivity index (χ0) is 18.8. The Hall–Kier alpha value is -3.21. The van der Waals surface area contributed by atoms with Crippen LogP contribution in [0.3, 0.4) is 0 Å². The molecule has 0 unspecified atom stereocenters. The zero-order valence-corrected chi connectivity index (χ0v) is 15.9. The van der Waals surface area contributed by atoms with Gasteiger partial charge in [0.25, 0.3) is 0 Å². The lowest BCUT2D eigenvalue weighted by Crippen LogP contribution is -2.23. The molecule has 4 rings (SSSR count). The fourth-order valence-electron chi connectivity index (χ4n) is 3.35. The summed E-state index contributed by atoms with van der Waals surface area (Å²) in [6.07, 6.45) is 3.51. The van der Waals surface area contributed by atoms with Crippen molar-refractivity contribution in [2.24, 2.45) is 0 Å². The van der Waals surface area contributed by atoms with Crippen molar-refractivity contribution in [3.8, 4) is 5.69 Å². The van der Waals surface area contributed by atoms with Crippen LogP contribution in [0.1, 0.15) is 23.6 Å². The number of fused-ring (bicyclic) bond motifs is 1. The molecular weight excluding hydrogens is 334 g/mol. The van der Waals surface area contributed by atoms with Gasteiger partial charge in [-0.3, -0.25) is 0 Å². The maximum Gasteiger partial charge on any atom is 0.168 e. The molecule has 0 saturated heterocycles. The van der Waals surface area contributed by atoms with E-state index in [1.54, 1.807) is 6.33 Å². The highest BCUT2D eigenvalue weighted by molar-refractivity contribution is 5.87. The van der Waals surface area contributed by atoms with Gasteiger partial charge in [-0.05, 0) is 43.5 Å². The first-order valence-electron chi connectivity index (χ1n) is 9.22. The van der Waals surface area contributed by atoms with Crippen LogP contribution < -0.4 is 4.90 Å². The van der Waals surface area contributed by atoms with E-state index in [2.05, 4.69) is 83.2 Å². The SMILES string of the molecule is CCN(Cc1ccccc1)c1ncnc2c1cnn2-c1cc(C)ccc1C. The number of rotatable bonds is 5. The maximum absolute atomic E-state index is 4.64. The van der Waals surface area contributed by atoms with Gasteiger partial charge in [-0.1, -0.05) is 42.5 Å². The molecule has 5 nitrogen and oxygen atoms in total. The lowest BCUT2D eigenvalue weighted by molar-refractivity contribution is 0.815. The van der Waals surface area contributed by atoms with Crippen LogP contribution in [-0.2, 0) is 6.54 Å². The van der Waals surface area contributed by atoms with Gasteiger partial charge in [-0.15, -0.1) is 0 Å². The molecule has 0 aliphatic rings. The second-order valence-corrected chi connectivity index (χ2v) is 6.78. The third-order valence-electron chi connectivity index (χ3n) is 4.84. The fraction of sp³-hybridized carbons (Fsp3) is 0.227. The second-order valence-electron chi connectivity index (χ2n) is 6.78. The Morgan fingerprint density at radius 2 is 1.81 bits per heavy atom. The minimum absolute atomic E-state index is 0.804. The van der Waals surface area contributed by atoms with Crippen LogP contribution in [0.2, 0.25) is 0 Å².